The number of ether oxygens (including phenoxy) is 10. The van der Waals surface area contributed by atoms with E-state index >= 15 is 0 Å². The zero-order valence-electron chi connectivity index (χ0n) is 52.4. The first-order valence-corrected chi connectivity index (χ1v) is 32.0. The molecule has 89 heavy (non-hydrogen) atoms. The molecule has 5 heterocycles. The van der Waals surface area contributed by atoms with Crippen molar-refractivity contribution in [2.75, 3.05) is 26.4 Å². The second-order valence-electron chi connectivity index (χ2n) is 28.9. The Labute approximate surface area is 518 Å². The Morgan fingerprint density at radius 3 is 1.47 bits per heavy atom. The van der Waals surface area contributed by atoms with E-state index < -0.39 is 215 Å². The van der Waals surface area contributed by atoms with Crippen molar-refractivity contribution in [1.29, 1.82) is 0 Å². The molecule has 9 aliphatic rings. The summed E-state index contributed by atoms with van der Waals surface area (Å²) in [5.41, 5.74) is -2.41. The van der Waals surface area contributed by atoms with Crippen molar-refractivity contribution in [3.8, 4) is 0 Å². The molecule has 3 saturated carbocycles. The molecule has 5 saturated heterocycles. The Balaban J connectivity index is 0.879. The fourth-order valence-corrected chi connectivity index (χ4v) is 17.4. The molecule has 516 valence electrons. The van der Waals surface area contributed by atoms with Gasteiger partial charge in [-0.05, 0) is 106 Å². The Morgan fingerprint density at radius 1 is 0.517 bits per heavy atom. The highest BCUT2D eigenvalue weighted by Crippen LogP contribution is 2.75. The summed E-state index contributed by atoms with van der Waals surface area (Å²) in [6, 6.07) is 0. The first kappa shape index (κ1) is 71.9. The number of aliphatic hydroxyl groups is 18. The molecule has 28 heteroatoms. The summed E-state index contributed by atoms with van der Waals surface area (Å²) in [7, 11) is 0. The molecule has 9 rings (SSSR count). The summed E-state index contributed by atoms with van der Waals surface area (Å²) in [6.45, 7) is 14.7. The lowest BCUT2D eigenvalue weighted by molar-refractivity contribution is -0.389. The van der Waals surface area contributed by atoms with Crippen LogP contribution in [0.4, 0.5) is 0 Å². The number of rotatable bonds is 20. The summed E-state index contributed by atoms with van der Waals surface area (Å²) < 4.78 is 60.0. The van der Waals surface area contributed by atoms with Gasteiger partial charge < -0.3 is 139 Å². The van der Waals surface area contributed by atoms with Gasteiger partial charge in [-0.1, -0.05) is 60.1 Å². The van der Waals surface area contributed by atoms with Crippen LogP contribution >= 0.6 is 0 Å². The molecule has 28 nitrogen and oxygen atoms in total. The Morgan fingerprint density at radius 2 is 0.966 bits per heavy atom. The molecule has 4 aliphatic carbocycles. The van der Waals surface area contributed by atoms with E-state index in [9.17, 15) is 91.9 Å². The molecule has 0 aromatic rings. The molecular weight excluding hydrogens is 1180 g/mol. The van der Waals surface area contributed by atoms with E-state index in [1.54, 1.807) is 6.92 Å². The van der Waals surface area contributed by atoms with Crippen LogP contribution in [0.5, 0.6) is 0 Å². The number of hydrogen-bond acceptors (Lipinski definition) is 28. The van der Waals surface area contributed by atoms with Crippen molar-refractivity contribution in [2.24, 2.45) is 45.3 Å². The maximum Gasteiger partial charge on any atom is 0.187 e. The lowest BCUT2D eigenvalue weighted by Crippen LogP contribution is -2.67. The minimum atomic E-state index is -1.98. The smallest absolute Gasteiger partial charge is 0.187 e. The topological polar surface area (TPSA) is 456 Å². The highest BCUT2D eigenvalue weighted by atomic mass is 16.8. The number of allylic oxidation sites excluding steroid dienone is 1. The molecule has 35 atom stereocenters. The van der Waals surface area contributed by atoms with E-state index in [0.717, 1.165) is 18.4 Å². The van der Waals surface area contributed by atoms with Crippen LogP contribution in [0, 0.1) is 45.3 Å². The average Bonchev–Trinajstić information content (AvgIpc) is 1.66. The largest absolute Gasteiger partial charge is 0.394 e. The standard InChI is InChI=1S/C61H104O28/c1-10-28-37(67)42(72)45(75)52(80-28)87-50-41(71)32(23-65)83-55(48(50)78)89-51-44(74)39(69)30(21-63)84-56(51)86-36(58(5,6)79)15-11-24(2)25-17-18-59(7)33-14-12-26-27(61(33,9)34(66)19-60(25,59)8)13-16-35(57(26,3)4)85-54-47(77)49(40(70)31(22-64)82-54)88-53-46(76)43(73)38(68)29(20-62)81-53/h12,24-25,27-56,62-79H,10-11,13-23H2,1-9H3/t24-,25?,27?,28+,29-,30-,31-,32+,33?,34-,35+,36-,37+,38-,39-,40-,41+,42-,43+,44+,45+,46-,47-,48+,49+,50-,51-,52?,53+,54+,55-,56+,59+,60-,61+/m1/s1. The average molecular weight is 1290 g/mol. The van der Waals surface area contributed by atoms with Crippen molar-refractivity contribution in [1.82, 2.24) is 0 Å². The molecule has 0 aromatic carbocycles. The van der Waals surface area contributed by atoms with Gasteiger partial charge in [0.2, 0.25) is 0 Å². The molecule has 4 unspecified atom stereocenters. The van der Waals surface area contributed by atoms with Crippen LogP contribution in [0.1, 0.15) is 120 Å². The summed E-state index contributed by atoms with van der Waals surface area (Å²) in [5, 5.41) is 197. The molecule has 0 bridgehead atoms. The van der Waals surface area contributed by atoms with Gasteiger partial charge in [0.15, 0.2) is 31.5 Å². The van der Waals surface area contributed by atoms with Gasteiger partial charge in [-0.3, -0.25) is 0 Å². The highest BCUT2D eigenvalue weighted by molar-refractivity contribution is 5.32. The third-order valence-corrected chi connectivity index (χ3v) is 23.1. The van der Waals surface area contributed by atoms with Gasteiger partial charge in [-0.15, -0.1) is 0 Å². The fraction of sp³-hybridized carbons (Fsp3) is 0.967. The van der Waals surface area contributed by atoms with Crippen LogP contribution in [0.15, 0.2) is 11.6 Å². The number of aliphatic hydroxyl groups excluding tert-OH is 17. The predicted molar refractivity (Wildman–Crippen MR) is 303 cm³/mol. The number of hydrogen-bond donors (Lipinski definition) is 18. The normalized spacial score (nSPS) is 51.8. The Kier molecular flexibility index (Phi) is 22.3. The van der Waals surface area contributed by atoms with E-state index in [2.05, 4.69) is 33.8 Å². The van der Waals surface area contributed by atoms with Crippen LogP contribution in [-0.4, -0.2) is 296 Å². The second-order valence-corrected chi connectivity index (χ2v) is 28.9. The van der Waals surface area contributed by atoms with Gasteiger partial charge in [0.25, 0.3) is 0 Å². The summed E-state index contributed by atoms with van der Waals surface area (Å²) in [6.07, 6.45) is -36.5. The van der Waals surface area contributed by atoms with Gasteiger partial charge in [0.05, 0.1) is 56.4 Å². The third kappa shape index (κ3) is 12.9. The SMILES string of the molecule is CC[C@@H]1OC(O[C@H]2[C@H](O)[C@@H](O[C@H]3[C@H](O[C@H](CC[C@@H](C)C4CC[C@@]5(C)C6CC=C7C(CC[C@H](O[C@@H]8O[C@H](CO)[C@@H](O)[C@H](O[C@@H]9O[C@H](CO)[C@@H](O)[C@H](O)[C@H]9O)[C@H]8O)C7(C)C)[C@]6(C)[C@H](O)C[C@]45C)C(C)(C)O)O[C@H](CO)[C@@H](O)[C@@H]3O)O[C@@H](CO)[C@@H]2O)[C@@H](O)[C@H](O)[C@H]1O. The van der Waals surface area contributed by atoms with E-state index in [4.69, 9.17) is 47.4 Å². The van der Waals surface area contributed by atoms with Crippen LogP contribution in [0.3, 0.4) is 0 Å². The van der Waals surface area contributed by atoms with Gasteiger partial charge >= 0.3 is 0 Å². The monoisotopic (exact) mass is 1280 g/mol. The predicted octanol–water partition coefficient (Wildman–Crippen LogP) is -3.99. The van der Waals surface area contributed by atoms with Crippen molar-refractivity contribution < 1.29 is 139 Å². The molecule has 8 fully saturated rings. The molecule has 5 aliphatic heterocycles. The maximum atomic E-state index is 12.8. The van der Waals surface area contributed by atoms with Crippen molar-refractivity contribution in [3.05, 3.63) is 11.6 Å². The zero-order valence-corrected chi connectivity index (χ0v) is 52.4. The summed E-state index contributed by atoms with van der Waals surface area (Å²) in [5.74, 6) is 0.0461. The van der Waals surface area contributed by atoms with Crippen molar-refractivity contribution in [2.45, 2.75) is 298 Å². The lowest BCUT2D eigenvalue weighted by Gasteiger charge is -2.67. The van der Waals surface area contributed by atoms with Crippen LogP contribution in [0.25, 0.3) is 0 Å². The molecule has 0 spiro atoms. The van der Waals surface area contributed by atoms with Gasteiger partial charge in [-0.25, -0.2) is 0 Å². The Hall–Kier alpha value is -1.38. The highest BCUT2D eigenvalue weighted by Gasteiger charge is 2.71. The lowest BCUT2D eigenvalue weighted by atomic mass is 9.38. The Bertz CT molecular complexity index is 2350. The van der Waals surface area contributed by atoms with E-state index in [1.165, 1.54) is 13.8 Å². The van der Waals surface area contributed by atoms with Gasteiger partial charge in [0, 0.05) is 10.8 Å². The second kappa shape index (κ2) is 27.6. The molecule has 0 aromatic heterocycles. The minimum Gasteiger partial charge on any atom is -0.394 e. The molecule has 0 amide bonds. The summed E-state index contributed by atoms with van der Waals surface area (Å²) >= 11 is 0. The van der Waals surface area contributed by atoms with E-state index in [-0.39, 0.29) is 47.3 Å². The zero-order chi connectivity index (χ0) is 65.5. The van der Waals surface area contributed by atoms with Crippen LogP contribution < -0.4 is 0 Å². The van der Waals surface area contributed by atoms with Crippen LogP contribution in [-0.2, 0) is 47.4 Å². The molecule has 18 N–H and O–H groups in total. The summed E-state index contributed by atoms with van der Waals surface area (Å²) in [4.78, 5) is 0. The van der Waals surface area contributed by atoms with Crippen LogP contribution in [0.2, 0.25) is 0 Å². The molecule has 0 radical (unpaired) electrons. The van der Waals surface area contributed by atoms with Crippen molar-refractivity contribution >= 4 is 0 Å². The minimum absolute atomic E-state index is 0.00992. The van der Waals surface area contributed by atoms with Gasteiger partial charge in [-0.2, -0.15) is 0 Å². The number of fused-ring (bicyclic) bond motifs is 5. The molecular formula is C61H104O28. The third-order valence-electron chi connectivity index (χ3n) is 23.1. The van der Waals surface area contributed by atoms with Gasteiger partial charge in [0.1, 0.15) is 116 Å². The van der Waals surface area contributed by atoms with E-state index in [1.807, 2.05) is 13.8 Å². The van der Waals surface area contributed by atoms with Crippen molar-refractivity contribution in [3.63, 3.8) is 0 Å². The quantitative estimate of drug-likeness (QED) is 0.0517. The fourth-order valence-electron chi connectivity index (χ4n) is 17.4. The van der Waals surface area contributed by atoms with E-state index in [0.29, 0.717) is 32.1 Å². The maximum absolute atomic E-state index is 12.8. The first-order chi connectivity index (χ1) is 41.7. The first-order valence-electron chi connectivity index (χ1n) is 32.0.